The highest BCUT2D eigenvalue weighted by Gasteiger charge is 2.18. The Morgan fingerprint density at radius 2 is 1.00 bits per heavy atom. The summed E-state index contributed by atoms with van der Waals surface area (Å²) < 4.78 is 5.02. The van der Waals surface area contributed by atoms with E-state index in [0.29, 0.717) is 0 Å². The van der Waals surface area contributed by atoms with Crippen molar-refractivity contribution in [3.05, 3.63) is 35.9 Å². The number of nitrogens with zero attached hydrogens (tertiary/aromatic N) is 10. The van der Waals surface area contributed by atoms with E-state index in [1.54, 1.807) is 9.36 Å². The van der Waals surface area contributed by atoms with Gasteiger partial charge in [0.15, 0.2) is 0 Å². The molecule has 0 aliphatic carbocycles. The second kappa shape index (κ2) is 6.54. The van der Waals surface area contributed by atoms with Gasteiger partial charge in [-0.15, -0.1) is 10.2 Å². The Labute approximate surface area is 152 Å². The molecule has 2 aromatic heterocycles. The lowest BCUT2D eigenvalue weighted by atomic mass is 10.2. The minimum Gasteiger partial charge on any atom is -0.324 e. The van der Waals surface area contributed by atoms with E-state index in [1.807, 2.05) is 24.3 Å². The van der Waals surface area contributed by atoms with Crippen LogP contribution in [0.1, 0.15) is 11.6 Å². The summed E-state index contributed by atoms with van der Waals surface area (Å²) >= 11 is 0. The summed E-state index contributed by atoms with van der Waals surface area (Å²) in [5, 5.41) is 24.2. The third-order valence-electron chi connectivity index (χ3n) is 3.64. The van der Waals surface area contributed by atoms with Crippen LogP contribution in [0.5, 0.6) is 0 Å². The number of tetrazole rings is 2. The minimum atomic E-state index is 0.732. The first kappa shape index (κ1) is 18.1. The molecule has 0 aliphatic heterocycles. The Morgan fingerprint density at radius 3 is 1.31 bits per heavy atom. The van der Waals surface area contributed by atoms with Crippen molar-refractivity contribution in [3.63, 3.8) is 0 Å². The molecule has 0 N–H and O–H groups in total. The quantitative estimate of drug-likeness (QED) is 0.579. The van der Waals surface area contributed by atoms with E-state index in [4.69, 9.17) is 0 Å². The zero-order valence-corrected chi connectivity index (χ0v) is 16.2. The maximum atomic E-state index is 4.15. The summed E-state index contributed by atoms with van der Waals surface area (Å²) in [6, 6.07) is 7.90. The van der Waals surface area contributed by atoms with Crippen molar-refractivity contribution in [3.8, 4) is 11.4 Å². The molecule has 3 aromatic rings. The van der Waals surface area contributed by atoms with Crippen molar-refractivity contribution in [2.75, 3.05) is 42.3 Å². The first-order valence-electron chi connectivity index (χ1n) is 8.39. The molecule has 0 amide bonds. The first-order valence-corrected chi connectivity index (χ1v) is 8.39. The molecule has 2 heterocycles. The van der Waals surface area contributed by atoms with Crippen LogP contribution in [0.2, 0.25) is 0 Å². The number of hydrogen-bond donors (Lipinski definition) is 0. The monoisotopic (exact) mass is 358 g/mol. The fraction of sp³-hybridized carbons (Fsp3) is 0.500. The van der Waals surface area contributed by atoms with Gasteiger partial charge in [0.25, 0.3) is 0 Å². The lowest BCUT2D eigenvalue weighted by Crippen LogP contribution is -2.34. The number of hydrogen-bond acceptors (Lipinski definition) is 6. The molecule has 1 aromatic carbocycles. The average Bonchev–Trinajstić information content (AvgIpc) is 3.13. The Bertz CT molecular complexity index is 790. The zero-order chi connectivity index (χ0) is 18.9. The summed E-state index contributed by atoms with van der Waals surface area (Å²) in [5.41, 5.74) is 1.81. The predicted molar refractivity (Wildman–Crippen MR) is 95.3 cm³/mol. The average molecular weight is 358 g/mol. The van der Waals surface area contributed by atoms with Crippen LogP contribution in [0.25, 0.3) is 11.4 Å². The van der Waals surface area contributed by atoms with Gasteiger partial charge in [-0.25, -0.2) is 0 Å². The molecule has 0 saturated heterocycles. The van der Waals surface area contributed by atoms with Gasteiger partial charge in [0, 0.05) is 0 Å². The second-order valence-corrected chi connectivity index (χ2v) is 8.43. The highest BCUT2D eigenvalue weighted by Crippen LogP contribution is 2.15. The fourth-order valence-electron chi connectivity index (χ4n) is 2.59. The number of benzene rings is 1. The molecule has 3 rings (SSSR count). The van der Waals surface area contributed by atoms with Gasteiger partial charge in [-0.1, -0.05) is 0 Å². The SMILES string of the molecule is C[N+](C)(C)Cc1nnnn1-c1ccc(-n2nnnc2C[N+](C)(C)C)cc1. The van der Waals surface area contributed by atoms with Crippen LogP contribution < -0.4 is 0 Å². The molecular formula is C16H26N10+2. The molecule has 0 radical (unpaired) electrons. The molecule has 0 fully saturated rings. The third-order valence-corrected chi connectivity index (χ3v) is 3.64. The van der Waals surface area contributed by atoms with E-state index in [-0.39, 0.29) is 0 Å². The molecular weight excluding hydrogens is 332 g/mol. The first-order chi connectivity index (χ1) is 12.1. The Hall–Kier alpha value is -2.72. The van der Waals surface area contributed by atoms with E-state index in [2.05, 4.69) is 73.3 Å². The van der Waals surface area contributed by atoms with Crippen molar-refractivity contribution in [1.29, 1.82) is 0 Å². The number of aromatic nitrogens is 8. The number of quaternary nitrogens is 2. The van der Waals surface area contributed by atoms with Gasteiger partial charge >= 0.3 is 0 Å². The van der Waals surface area contributed by atoms with Gasteiger partial charge in [-0.05, 0) is 45.1 Å². The van der Waals surface area contributed by atoms with E-state index < -0.39 is 0 Å². The summed E-state index contributed by atoms with van der Waals surface area (Å²) in [4.78, 5) is 0. The summed E-state index contributed by atoms with van der Waals surface area (Å²) in [5.74, 6) is 1.64. The van der Waals surface area contributed by atoms with Crippen LogP contribution in [0.15, 0.2) is 24.3 Å². The van der Waals surface area contributed by atoms with Gasteiger partial charge < -0.3 is 8.97 Å². The molecule has 26 heavy (non-hydrogen) atoms. The number of rotatable bonds is 6. The van der Waals surface area contributed by atoms with Crippen LogP contribution in [0.4, 0.5) is 0 Å². The van der Waals surface area contributed by atoms with Crippen LogP contribution in [-0.2, 0) is 13.1 Å². The van der Waals surface area contributed by atoms with Gasteiger partial charge in [0.1, 0.15) is 13.1 Å². The Balaban J connectivity index is 1.87. The van der Waals surface area contributed by atoms with Gasteiger partial charge in [-0.3, -0.25) is 0 Å². The van der Waals surface area contributed by atoms with Gasteiger partial charge in [-0.2, -0.15) is 9.36 Å². The standard InChI is InChI=1S/C16H26N10/c1-25(2,3)11-15-17-19-21-23(15)13-7-9-14(10-8-13)24-16(18-20-22-24)12-26(4,5)6/h7-10H,11-12H2,1-6H3/q+2. The van der Waals surface area contributed by atoms with Crippen molar-refractivity contribution in [2.45, 2.75) is 13.1 Å². The molecule has 0 bridgehead atoms. The normalized spacial score (nSPS) is 12.5. The smallest absolute Gasteiger partial charge is 0.211 e. The molecule has 0 unspecified atom stereocenters. The summed E-state index contributed by atoms with van der Waals surface area (Å²) in [7, 11) is 12.6. The summed E-state index contributed by atoms with van der Waals surface area (Å²) in [6.07, 6.45) is 0. The molecule has 0 atom stereocenters. The van der Waals surface area contributed by atoms with Crippen LogP contribution in [0.3, 0.4) is 0 Å². The predicted octanol–water partition coefficient (Wildman–Crippen LogP) is 0.0504. The highest BCUT2D eigenvalue weighted by molar-refractivity contribution is 5.41. The maximum Gasteiger partial charge on any atom is 0.211 e. The maximum absolute atomic E-state index is 4.15. The van der Waals surface area contributed by atoms with Crippen molar-refractivity contribution >= 4 is 0 Å². The van der Waals surface area contributed by atoms with Crippen molar-refractivity contribution in [1.82, 2.24) is 40.4 Å². The Kier molecular flexibility index (Phi) is 4.55. The van der Waals surface area contributed by atoms with Gasteiger partial charge in [0.2, 0.25) is 11.6 Å². The molecule has 0 aliphatic rings. The highest BCUT2D eigenvalue weighted by atomic mass is 15.6. The van der Waals surface area contributed by atoms with E-state index in [9.17, 15) is 0 Å². The van der Waals surface area contributed by atoms with Crippen molar-refractivity contribution < 1.29 is 8.97 Å². The van der Waals surface area contributed by atoms with Crippen LogP contribution in [-0.4, -0.2) is 91.7 Å². The molecule has 0 spiro atoms. The largest absolute Gasteiger partial charge is 0.324 e. The zero-order valence-electron chi connectivity index (χ0n) is 16.2. The van der Waals surface area contributed by atoms with Crippen LogP contribution in [0, 0.1) is 0 Å². The van der Waals surface area contributed by atoms with Gasteiger partial charge in [0.05, 0.1) is 53.7 Å². The lowest BCUT2D eigenvalue weighted by Gasteiger charge is -2.23. The Morgan fingerprint density at radius 1 is 0.654 bits per heavy atom. The molecule has 10 heteroatoms. The van der Waals surface area contributed by atoms with E-state index in [0.717, 1.165) is 45.1 Å². The minimum absolute atomic E-state index is 0.732. The fourth-order valence-corrected chi connectivity index (χ4v) is 2.59. The summed E-state index contributed by atoms with van der Waals surface area (Å²) in [6.45, 7) is 1.46. The lowest BCUT2D eigenvalue weighted by molar-refractivity contribution is -0.884. The van der Waals surface area contributed by atoms with Crippen LogP contribution >= 0.6 is 0 Å². The van der Waals surface area contributed by atoms with Crippen molar-refractivity contribution in [2.24, 2.45) is 0 Å². The molecule has 138 valence electrons. The van der Waals surface area contributed by atoms with E-state index >= 15 is 0 Å². The topological polar surface area (TPSA) is 87.2 Å². The molecule has 10 nitrogen and oxygen atoms in total. The second-order valence-electron chi connectivity index (χ2n) is 8.43. The van der Waals surface area contributed by atoms with E-state index in [1.165, 1.54) is 0 Å². The molecule has 0 saturated carbocycles. The third kappa shape index (κ3) is 4.27.